The molecule has 0 spiro atoms. The first-order valence-corrected chi connectivity index (χ1v) is 8.68. The quantitative estimate of drug-likeness (QED) is 0.509. The number of fused-ring (bicyclic) bond motifs is 3. The average molecular weight is 352 g/mol. The predicted molar refractivity (Wildman–Crippen MR) is 97.4 cm³/mol. The van der Waals surface area contributed by atoms with Crippen LogP contribution in [0.1, 0.15) is 34.5 Å². The van der Waals surface area contributed by atoms with Crippen molar-refractivity contribution < 1.29 is 23.4 Å². The molecule has 0 unspecified atom stereocenters. The molecule has 26 heavy (non-hydrogen) atoms. The van der Waals surface area contributed by atoms with Crippen molar-refractivity contribution in [2.24, 2.45) is 0 Å². The maximum Gasteiger partial charge on any atom is 0.343 e. The molecule has 1 aliphatic rings. The van der Waals surface area contributed by atoms with Crippen LogP contribution in [0.2, 0.25) is 0 Å². The number of hydrogen-bond donors (Lipinski definition) is 0. The number of esters is 1. The highest BCUT2D eigenvalue weighted by molar-refractivity contribution is 5.93. The molecular formula is C21H20O5. The van der Waals surface area contributed by atoms with Gasteiger partial charge in [-0.2, -0.15) is 0 Å². The Balaban J connectivity index is 1.61. The summed E-state index contributed by atoms with van der Waals surface area (Å²) in [6.07, 6.45) is 4.31. The van der Waals surface area contributed by atoms with Gasteiger partial charge in [0, 0.05) is 17.4 Å². The van der Waals surface area contributed by atoms with E-state index >= 15 is 0 Å². The number of hydrogen-bond acceptors (Lipinski definition) is 5. The van der Waals surface area contributed by atoms with Crippen molar-refractivity contribution in [3.63, 3.8) is 0 Å². The summed E-state index contributed by atoms with van der Waals surface area (Å²) < 4.78 is 21.9. The largest absolute Gasteiger partial charge is 0.493 e. The molecule has 1 aliphatic carbocycles. The first-order chi connectivity index (χ1) is 12.7. The standard InChI is InChI=1S/C21H20O5/c1-23-19-9-7-13(11-20(19)24-2)21(22)25-14-8-10-18-16(12-14)15-5-3-4-6-17(15)26-18/h7-12H,3-6H2,1-2H3. The lowest BCUT2D eigenvalue weighted by Crippen LogP contribution is -2.09. The fourth-order valence-corrected chi connectivity index (χ4v) is 3.43. The Hall–Kier alpha value is -2.95. The monoisotopic (exact) mass is 352 g/mol. The summed E-state index contributed by atoms with van der Waals surface area (Å²) in [7, 11) is 3.08. The van der Waals surface area contributed by atoms with Gasteiger partial charge in [0.1, 0.15) is 17.1 Å². The molecule has 5 heteroatoms. The summed E-state index contributed by atoms with van der Waals surface area (Å²) >= 11 is 0. The Bertz CT molecular complexity index is 970. The van der Waals surface area contributed by atoms with Crippen LogP contribution in [0.3, 0.4) is 0 Å². The molecule has 0 amide bonds. The molecule has 0 atom stereocenters. The van der Waals surface area contributed by atoms with Gasteiger partial charge in [-0.25, -0.2) is 4.79 Å². The number of carbonyl (C=O) groups excluding carboxylic acids is 1. The van der Waals surface area contributed by atoms with Crippen molar-refractivity contribution in [1.82, 2.24) is 0 Å². The van der Waals surface area contributed by atoms with Crippen LogP contribution in [0.15, 0.2) is 40.8 Å². The number of methoxy groups -OCH3 is 2. The Morgan fingerprint density at radius 2 is 1.77 bits per heavy atom. The third kappa shape index (κ3) is 2.90. The third-order valence-corrected chi connectivity index (χ3v) is 4.76. The second kappa shape index (κ2) is 6.75. The smallest absolute Gasteiger partial charge is 0.343 e. The molecule has 0 N–H and O–H groups in total. The van der Waals surface area contributed by atoms with Crippen LogP contribution in [-0.2, 0) is 12.8 Å². The molecule has 134 valence electrons. The Labute approximate surface area is 151 Å². The lowest BCUT2D eigenvalue weighted by Gasteiger charge is -2.10. The number of ether oxygens (including phenoxy) is 3. The van der Waals surface area contributed by atoms with E-state index in [1.807, 2.05) is 12.1 Å². The third-order valence-electron chi connectivity index (χ3n) is 4.76. The molecule has 1 heterocycles. The Kier molecular flexibility index (Phi) is 4.29. The summed E-state index contributed by atoms with van der Waals surface area (Å²) in [5.74, 6) is 2.18. The van der Waals surface area contributed by atoms with Crippen molar-refractivity contribution >= 4 is 16.9 Å². The Morgan fingerprint density at radius 3 is 2.58 bits per heavy atom. The topological polar surface area (TPSA) is 57.9 Å². The highest BCUT2D eigenvalue weighted by Crippen LogP contribution is 2.34. The van der Waals surface area contributed by atoms with E-state index in [1.54, 1.807) is 31.4 Å². The molecule has 0 aliphatic heterocycles. The van der Waals surface area contributed by atoms with Crippen molar-refractivity contribution in [3.05, 3.63) is 53.3 Å². The van der Waals surface area contributed by atoms with Crippen LogP contribution in [0, 0.1) is 0 Å². The summed E-state index contributed by atoms with van der Waals surface area (Å²) in [4.78, 5) is 12.5. The second-order valence-corrected chi connectivity index (χ2v) is 6.33. The summed E-state index contributed by atoms with van der Waals surface area (Å²) in [5.41, 5.74) is 2.50. The van der Waals surface area contributed by atoms with Crippen LogP contribution in [0.25, 0.3) is 11.0 Å². The van der Waals surface area contributed by atoms with E-state index < -0.39 is 5.97 Å². The first kappa shape index (κ1) is 16.5. The molecule has 0 saturated heterocycles. The normalized spacial score (nSPS) is 13.3. The van der Waals surface area contributed by atoms with E-state index in [1.165, 1.54) is 12.7 Å². The number of aryl methyl sites for hydroxylation is 2. The van der Waals surface area contributed by atoms with Crippen molar-refractivity contribution in [1.29, 1.82) is 0 Å². The molecule has 3 aromatic rings. The van der Waals surface area contributed by atoms with E-state index in [2.05, 4.69) is 0 Å². The molecule has 0 saturated carbocycles. The fourth-order valence-electron chi connectivity index (χ4n) is 3.43. The van der Waals surface area contributed by atoms with Crippen LogP contribution < -0.4 is 14.2 Å². The van der Waals surface area contributed by atoms with Crippen LogP contribution >= 0.6 is 0 Å². The fraction of sp³-hybridized carbons (Fsp3) is 0.286. The first-order valence-electron chi connectivity index (χ1n) is 8.68. The van der Waals surface area contributed by atoms with E-state index in [4.69, 9.17) is 18.6 Å². The molecular weight excluding hydrogens is 332 g/mol. The summed E-state index contributed by atoms with van der Waals surface area (Å²) in [6.45, 7) is 0. The molecule has 5 nitrogen and oxygen atoms in total. The predicted octanol–water partition coefficient (Wildman–Crippen LogP) is 4.55. The lowest BCUT2D eigenvalue weighted by molar-refractivity contribution is 0.0734. The van der Waals surface area contributed by atoms with E-state index in [-0.39, 0.29) is 0 Å². The van der Waals surface area contributed by atoms with Gasteiger partial charge in [0.2, 0.25) is 0 Å². The SMILES string of the molecule is COc1ccc(C(=O)Oc2ccc3oc4c(c3c2)CCCC4)cc1OC. The van der Waals surface area contributed by atoms with Gasteiger partial charge in [-0.05, 0) is 55.7 Å². The van der Waals surface area contributed by atoms with E-state index in [9.17, 15) is 4.79 Å². The number of carbonyl (C=O) groups is 1. The van der Waals surface area contributed by atoms with Crippen LogP contribution in [0.4, 0.5) is 0 Å². The number of furan rings is 1. The van der Waals surface area contributed by atoms with Crippen LogP contribution in [-0.4, -0.2) is 20.2 Å². The highest BCUT2D eigenvalue weighted by atomic mass is 16.5. The molecule has 0 bridgehead atoms. The molecule has 1 aromatic heterocycles. The van der Waals surface area contributed by atoms with Crippen molar-refractivity contribution in [3.8, 4) is 17.2 Å². The van der Waals surface area contributed by atoms with Crippen molar-refractivity contribution in [2.75, 3.05) is 14.2 Å². The van der Waals surface area contributed by atoms with Gasteiger partial charge in [0.25, 0.3) is 0 Å². The van der Waals surface area contributed by atoms with Crippen molar-refractivity contribution in [2.45, 2.75) is 25.7 Å². The van der Waals surface area contributed by atoms with Gasteiger partial charge in [0.05, 0.1) is 19.8 Å². The maximum absolute atomic E-state index is 12.5. The van der Waals surface area contributed by atoms with Gasteiger partial charge in [0.15, 0.2) is 11.5 Å². The maximum atomic E-state index is 12.5. The van der Waals surface area contributed by atoms with Gasteiger partial charge in [-0.15, -0.1) is 0 Å². The summed E-state index contributed by atoms with van der Waals surface area (Å²) in [5, 5.41) is 1.04. The van der Waals surface area contributed by atoms with Gasteiger partial charge in [-0.1, -0.05) is 0 Å². The molecule has 2 aromatic carbocycles. The minimum absolute atomic E-state index is 0.400. The highest BCUT2D eigenvalue weighted by Gasteiger charge is 2.19. The minimum atomic E-state index is -0.442. The molecule has 0 radical (unpaired) electrons. The average Bonchev–Trinajstić information content (AvgIpc) is 3.05. The Morgan fingerprint density at radius 1 is 0.962 bits per heavy atom. The van der Waals surface area contributed by atoms with Gasteiger partial charge < -0.3 is 18.6 Å². The zero-order valence-electron chi connectivity index (χ0n) is 14.8. The minimum Gasteiger partial charge on any atom is -0.493 e. The summed E-state index contributed by atoms with van der Waals surface area (Å²) in [6, 6.07) is 10.5. The van der Waals surface area contributed by atoms with Gasteiger partial charge >= 0.3 is 5.97 Å². The molecule has 4 rings (SSSR count). The van der Waals surface area contributed by atoms with Crippen LogP contribution in [0.5, 0.6) is 17.2 Å². The number of benzene rings is 2. The van der Waals surface area contributed by atoms with E-state index in [0.29, 0.717) is 22.8 Å². The zero-order chi connectivity index (χ0) is 18.1. The van der Waals surface area contributed by atoms with E-state index in [0.717, 1.165) is 42.4 Å². The number of rotatable bonds is 4. The van der Waals surface area contributed by atoms with Gasteiger partial charge in [-0.3, -0.25) is 0 Å². The lowest BCUT2D eigenvalue weighted by atomic mass is 9.96. The zero-order valence-corrected chi connectivity index (χ0v) is 14.8. The second-order valence-electron chi connectivity index (χ2n) is 6.33. The molecule has 0 fully saturated rings.